The van der Waals surface area contributed by atoms with Gasteiger partial charge in [0.25, 0.3) is 11.8 Å². The Labute approximate surface area is 165 Å². The van der Waals surface area contributed by atoms with Gasteiger partial charge in [0.2, 0.25) is 0 Å². The highest BCUT2D eigenvalue weighted by molar-refractivity contribution is 6.04. The SMILES string of the molecule is O=C(Nc1cccc(CNC(=O)c2cccn3ccnc23)c1)c1ncccc1O. The number of hydrogen-bond acceptors (Lipinski definition) is 5. The summed E-state index contributed by atoms with van der Waals surface area (Å²) >= 11 is 0. The molecule has 0 unspecified atom stereocenters. The summed E-state index contributed by atoms with van der Waals surface area (Å²) in [6.07, 6.45) is 6.67. The van der Waals surface area contributed by atoms with E-state index >= 15 is 0 Å². The fourth-order valence-electron chi connectivity index (χ4n) is 2.92. The van der Waals surface area contributed by atoms with E-state index < -0.39 is 5.91 Å². The molecule has 0 spiro atoms. The molecule has 0 aliphatic heterocycles. The molecule has 0 saturated heterocycles. The van der Waals surface area contributed by atoms with Gasteiger partial charge in [-0.25, -0.2) is 9.97 Å². The number of fused-ring (bicyclic) bond motifs is 1. The molecule has 4 aromatic rings. The Morgan fingerprint density at radius 2 is 1.86 bits per heavy atom. The van der Waals surface area contributed by atoms with E-state index in [1.54, 1.807) is 53.2 Å². The van der Waals surface area contributed by atoms with Crippen LogP contribution in [0.4, 0.5) is 5.69 Å². The predicted octanol–water partition coefficient (Wildman–Crippen LogP) is 2.62. The van der Waals surface area contributed by atoms with E-state index in [2.05, 4.69) is 20.6 Å². The molecule has 3 N–H and O–H groups in total. The van der Waals surface area contributed by atoms with E-state index in [1.165, 1.54) is 12.3 Å². The second-order valence-electron chi connectivity index (χ2n) is 6.29. The van der Waals surface area contributed by atoms with Gasteiger partial charge in [0, 0.05) is 37.0 Å². The van der Waals surface area contributed by atoms with E-state index in [-0.39, 0.29) is 23.9 Å². The first-order valence-corrected chi connectivity index (χ1v) is 8.86. The third-order valence-electron chi connectivity index (χ3n) is 4.30. The summed E-state index contributed by atoms with van der Waals surface area (Å²) in [5.74, 6) is -0.952. The maximum atomic E-state index is 12.5. The third kappa shape index (κ3) is 3.91. The number of imidazole rings is 1. The van der Waals surface area contributed by atoms with Crippen molar-refractivity contribution in [1.82, 2.24) is 19.7 Å². The van der Waals surface area contributed by atoms with Crippen molar-refractivity contribution >= 4 is 23.1 Å². The molecule has 0 fully saturated rings. The lowest BCUT2D eigenvalue weighted by atomic mass is 10.2. The number of nitrogens with one attached hydrogen (secondary N) is 2. The Morgan fingerprint density at radius 1 is 0.966 bits per heavy atom. The van der Waals surface area contributed by atoms with Crippen LogP contribution in [0.15, 0.2) is 73.3 Å². The molecule has 144 valence electrons. The molecule has 0 saturated carbocycles. The molecular weight excluding hydrogens is 370 g/mol. The number of hydrogen-bond donors (Lipinski definition) is 3. The van der Waals surface area contributed by atoms with Gasteiger partial charge in [0.05, 0.1) is 5.56 Å². The number of amides is 2. The van der Waals surface area contributed by atoms with E-state index in [1.807, 2.05) is 12.3 Å². The summed E-state index contributed by atoms with van der Waals surface area (Å²) < 4.78 is 1.78. The van der Waals surface area contributed by atoms with Crippen molar-refractivity contribution in [2.75, 3.05) is 5.32 Å². The number of nitrogens with zero attached hydrogens (tertiary/aromatic N) is 3. The molecule has 3 heterocycles. The van der Waals surface area contributed by atoms with Gasteiger partial charge in [-0.1, -0.05) is 12.1 Å². The Morgan fingerprint density at radius 3 is 2.72 bits per heavy atom. The molecule has 0 atom stereocenters. The largest absolute Gasteiger partial charge is 0.505 e. The fraction of sp³-hybridized carbons (Fsp3) is 0.0476. The first kappa shape index (κ1) is 18.2. The first-order valence-electron chi connectivity index (χ1n) is 8.86. The molecule has 29 heavy (non-hydrogen) atoms. The first-order chi connectivity index (χ1) is 14.1. The Hall–Kier alpha value is -4.20. The summed E-state index contributed by atoms with van der Waals surface area (Å²) in [7, 11) is 0. The Kier molecular flexibility index (Phi) is 4.90. The van der Waals surface area contributed by atoms with Gasteiger partial charge in [-0.2, -0.15) is 0 Å². The smallest absolute Gasteiger partial charge is 0.278 e. The summed E-state index contributed by atoms with van der Waals surface area (Å²) in [4.78, 5) is 32.9. The Balaban J connectivity index is 1.44. The van der Waals surface area contributed by atoms with Crippen LogP contribution in [0.25, 0.3) is 5.65 Å². The standard InChI is InChI=1S/C21H17N5O3/c27-17-7-2-8-22-18(17)21(29)25-15-5-1-4-14(12-15)13-24-20(28)16-6-3-10-26-11-9-23-19(16)26/h1-12,27H,13H2,(H,24,28)(H,25,29). The maximum Gasteiger partial charge on any atom is 0.278 e. The molecule has 0 radical (unpaired) electrons. The van der Waals surface area contributed by atoms with Crippen LogP contribution in [0.3, 0.4) is 0 Å². The third-order valence-corrected chi connectivity index (χ3v) is 4.30. The van der Waals surface area contributed by atoms with Crippen LogP contribution in [-0.4, -0.2) is 31.3 Å². The van der Waals surface area contributed by atoms with Gasteiger partial charge in [-0.05, 0) is 42.0 Å². The van der Waals surface area contributed by atoms with Crippen LogP contribution in [0.5, 0.6) is 5.75 Å². The van der Waals surface area contributed by atoms with Gasteiger partial charge in [0.1, 0.15) is 11.4 Å². The minimum absolute atomic E-state index is 0.0565. The van der Waals surface area contributed by atoms with E-state index in [0.29, 0.717) is 16.9 Å². The molecule has 0 aliphatic rings. The quantitative estimate of drug-likeness (QED) is 0.488. The number of aromatic hydroxyl groups is 1. The molecule has 8 nitrogen and oxygen atoms in total. The number of rotatable bonds is 5. The number of aromatic nitrogens is 3. The van der Waals surface area contributed by atoms with Crippen molar-refractivity contribution in [2.45, 2.75) is 6.54 Å². The van der Waals surface area contributed by atoms with Crippen LogP contribution in [-0.2, 0) is 6.54 Å². The summed E-state index contributed by atoms with van der Waals surface area (Å²) in [5, 5.41) is 15.3. The number of benzene rings is 1. The lowest BCUT2D eigenvalue weighted by molar-refractivity contribution is 0.0950. The average molecular weight is 387 g/mol. The lowest BCUT2D eigenvalue weighted by Gasteiger charge is -2.09. The van der Waals surface area contributed by atoms with Gasteiger partial charge in [0.15, 0.2) is 5.69 Å². The molecule has 2 amide bonds. The molecule has 0 bridgehead atoms. The number of pyridine rings is 2. The Bertz CT molecular complexity index is 1200. The van der Waals surface area contributed by atoms with E-state index in [0.717, 1.165) is 5.56 Å². The zero-order chi connectivity index (χ0) is 20.2. The molecule has 3 aromatic heterocycles. The summed E-state index contributed by atoms with van der Waals surface area (Å²) in [6, 6.07) is 13.5. The monoisotopic (exact) mass is 387 g/mol. The van der Waals surface area contributed by atoms with Crippen molar-refractivity contribution in [2.24, 2.45) is 0 Å². The zero-order valence-electron chi connectivity index (χ0n) is 15.2. The minimum Gasteiger partial charge on any atom is -0.505 e. The predicted molar refractivity (Wildman–Crippen MR) is 107 cm³/mol. The van der Waals surface area contributed by atoms with Gasteiger partial charge in [-0.3, -0.25) is 9.59 Å². The normalized spacial score (nSPS) is 10.6. The molecule has 1 aromatic carbocycles. The number of carbonyl (C=O) groups excluding carboxylic acids is 2. The highest BCUT2D eigenvalue weighted by Crippen LogP contribution is 2.17. The second-order valence-corrected chi connectivity index (χ2v) is 6.29. The zero-order valence-corrected chi connectivity index (χ0v) is 15.2. The average Bonchev–Trinajstić information content (AvgIpc) is 3.21. The van der Waals surface area contributed by atoms with Crippen molar-refractivity contribution in [3.05, 3.63) is 90.1 Å². The van der Waals surface area contributed by atoms with Crippen molar-refractivity contribution in [3.63, 3.8) is 0 Å². The summed E-state index contributed by atoms with van der Waals surface area (Å²) in [5.41, 5.74) is 2.34. The second kappa shape index (κ2) is 7.81. The number of anilines is 1. The molecule has 0 aliphatic carbocycles. The van der Waals surface area contributed by atoms with E-state index in [9.17, 15) is 14.7 Å². The number of carbonyl (C=O) groups is 2. The molecular formula is C21H17N5O3. The fourth-order valence-corrected chi connectivity index (χ4v) is 2.92. The summed E-state index contributed by atoms with van der Waals surface area (Å²) in [6.45, 7) is 0.277. The van der Waals surface area contributed by atoms with Crippen molar-refractivity contribution in [3.8, 4) is 5.75 Å². The highest BCUT2D eigenvalue weighted by atomic mass is 16.3. The van der Waals surface area contributed by atoms with Crippen LogP contribution in [0.2, 0.25) is 0 Å². The van der Waals surface area contributed by atoms with Crippen molar-refractivity contribution < 1.29 is 14.7 Å². The maximum absolute atomic E-state index is 12.5. The topological polar surface area (TPSA) is 109 Å². The highest BCUT2D eigenvalue weighted by Gasteiger charge is 2.13. The van der Waals surface area contributed by atoms with E-state index in [4.69, 9.17) is 0 Å². The van der Waals surface area contributed by atoms with Crippen LogP contribution in [0, 0.1) is 0 Å². The van der Waals surface area contributed by atoms with Crippen LogP contribution >= 0.6 is 0 Å². The van der Waals surface area contributed by atoms with Crippen LogP contribution in [0.1, 0.15) is 26.4 Å². The van der Waals surface area contributed by atoms with Gasteiger partial charge in [-0.15, -0.1) is 0 Å². The van der Waals surface area contributed by atoms with Crippen molar-refractivity contribution in [1.29, 1.82) is 0 Å². The molecule has 8 heteroatoms. The lowest BCUT2D eigenvalue weighted by Crippen LogP contribution is -2.23. The van der Waals surface area contributed by atoms with Crippen LogP contribution < -0.4 is 10.6 Å². The van der Waals surface area contributed by atoms with Gasteiger partial charge < -0.3 is 20.1 Å². The van der Waals surface area contributed by atoms with Gasteiger partial charge >= 0.3 is 0 Å². The molecule has 4 rings (SSSR count). The minimum atomic E-state index is -0.518.